The lowest BCUT2D eigenvalue weighted by Crippen LogP contribution is -2.13. The van der Waals surface area contributed by atoms with E-state index < -0.39 is 11.6 Å². The fourth-order valence-electron chi connectivity index (χ4n) is 1.48. The van der Waals surface area contributed by atoms with Gasteiger partial charge >= 0.3 is 0 Å². The molecule has 0 unspecified atom stereocenters. The molecule has 2 rings (SSSR count). The Hall–Kier alpha value is -2.50. The molecule has 2 aromatic rings. The molecular formula is C13H11F2N3O. The number of nitrogens with zero attached hydrogens (tertiary/aromatic N) is 1. The lowest BCUT2D eigenvalue weighted by Gasteiger charge is -2.10. The second-order valence-electron chi connectivity index (χ2n) is 3.90. The van der Waals surface area contributed by atoms with Crippen molar-refractivity contribution in [2.75, 3.05) is 0 Å². The molecule has 0 bridgehead atoms. The Bertz CT molecular complexity index is 644. The monoisotopic (exact) mass is 263 g/mol. The van der Waals surface area contributed by atoms with E-state index in [9.17, 15) is 8.78 Å². The first-order valence-electron chi connectivity index (χ1n) is 5.42. The summed E-state index contributed by atoms with van der Waals surface area (Å²) in [7, 11) is 0. The highest BCUT2D eigenvalue weighted by Crippen LogP contribution is 2.26. The van der Waals surface area contributed by atoms with E-state index in [0.29, 0.717) is 11.8 Å². The molecule has 1 heterocycles. The summed E-state index contributed by atoms with van der Waals surface area (Å²) in [5, 5.41) is 7.40. The summed E-state index contributed by atoms with van der Waals surface area (Å²) in [6, 6.07) is 6.14. The smallest absolute Gasteiger partial charge is 0.230 e. The van der Waals surface area contributed by atoms with Crippen LogP contribution in [0.4, 0.5) is 8.78 Å². The molecule has 0 aliphatic heterocycles. The van der Waals surface area contributed by atoms with Crippen LogP contribution in [0.15, 0.2) is 30.3 Å². The van der Waals surface area contributed by atoms with Crippen molar-refractivity contribution in [3.05, 3.63) is 53.2 Å². The summed E-state index contributed by atoms with van der Waals surface area (Å²) in [4.78, 5) is 4.05. The second kappa shape index (κ2) is 5.01. The highest BCUT2D eigenvalue weighted by atomic mass is 19.1. The number of ether oxygens (including phenoxy) is 1. The van der Waals surface area contributed by atoms with Crippen LogP contribution in [0.3, 0.4) is 0 Å². The normalized spacial score (nSPS) is 10.3. The van der Waals surface area contributed by atoms with Crippen molar-refractivity contribution in [3.63, 3.8) is 0 Å². The first-order valence-corrected chi connectivity index (χ1v) is 5.42. The van der Waals surface area contributed by atoms with Gasteiger partial charge in [-0.2, -0.15) is 0 Å². The van der Waals surface area contributed by atoms with Gasteiger partial charge in [0.25, 0.3) is 0 Å². The van der Waals surface area contributed by atoms with Gasteiger partial charge < -0.3 is 10.5 Å². The molecule has 3 N–H and O–H groups in total. The van der Waals surface area contributed by atoms with Crippen LogP contribution in [0.2, 0.25) is 0 Å². The van der Waals surface area contributed by atoms with Crippen LogP contribution in [0, 0.1) is 24.0 Å². The molecule has 0 saturated carbocycles. The van der Waals surface area contributed by atoms with Crippen LogP contribution in [0.1, 0.15) is 11.3 Å². The highest BCUT2D eigenvalue weighted by Gasteiger charge is 2.13. The average molecular weight is 263 g/mol. The van der Waals surface area contributed by atoms with Crippen LogP contribution in [-0.2, 0) is 0 Å². The fourth-order valence-corrected chi connectivity index (χ4v) is 1.48. The maximum absolute atomic E-state index is 13.5. The summed E-state index contributed by atoms with van der Waals surface area (Å²) in [6.45, 7) is 1.72. The number of aryl methyl sites for hydroxylation is 1. The Balaban J connectivity index is 2.42. The molecule has 0 amide bonds. The number of rotatable bonds is 3. The molecule has 0 aliphatic rings. The number of halogens is 2. The van der Waals surface area contributed by atoms with Gasteiger partial charge in [0.05, 0.1) is 5.56 Å². The first-order chi connectivity index (χ1) is 8.97. The number of nitrogens with two attached hydrogens (primary N) is 1. The number of hydrogen-bond acceptors (Lipinski definition) is 3. The summed E-state index contributed by atoms with van der Waals surface area (Å²) in [5.74, 6) is -1.96. The van der Waals surface area contributed by atoms with E-state index in [1.165, 1.54) is 0 Å². The van der Waals surface area contributed by atoms with Gasteiger partial charge in [0.15, 0.2) is 11.6 Å². The van der Waals surface area contributed by atoms with E-state index in [2.05, 4.69) is 4.98 Å². The van der Waals surface area contributed by atoms with E-state index >= 15 is 0 Å². The molecule has 4 nitrogen and oxygen atoms in total. The standard InChI is InChI=1S/C13H11F2N3O/c1-7-2-4-9(12(16)17)13(18-7)19-11-5-3-8(14)6-10(11)15/h2-6H,1H3,(H3,16,17). The van der Waals surface area contributed by atoms with Crippen LogP contribution in [-0.4, -0.2) is 10.8 Å². The van der Waals surface area contributed by atoms with Crippen molar-refractivity contribution >= 4 is 5.84 Å². The first kappa shape index (κ1) is 12.9. The molecule has 6 heteroatoms. The molecular weight excluding hydrogens is 252 g/mol. The lowest BCUT2D eigenvalue weighted by atomic mass is 10.2. The lowest BCUT2D eigenvalue weighted by molar-refractivity contribution is 0.422. The third-order valence-electron chi connectivity index (χ3n) is 2.39. The zero-order valence-corrected chi connectivity index (χ0v) is 10.1. The average Bonchev–Trinajstić information content (AvgIpc) is 2.32. The molecule has 1 aromatic heterocycles. The van der Waals surface area contributed by atoms with Crippen LogP contribution >= 0.6 is 0 Å². The molecule has 0 radical (unpaired) electrons. The van der Waals surface area contributed by atoms with Gasteiger partial charge in [0.2, 0.25) is 5.88 Å². The Kier molecular flexibility index (Phi) is 3.41. The topological polar surface area (TPSA) is 72.0 Å². The SMILES string of the molecule is Cc1ccc(C(=N)N)c(Oc2ccc(F)cc2F)n1. The predicted molar refractivity (Wildman–Crippen MR) is 66.4 cm³/mol. The Morgan fingerprint density at radius 2 is 2.00 bits per heavy atom. The summed E-state index contributed by atoms with van der Waals surface area (Å²) in [6.07, 6.45) is 0. The van der Waals surface area contributed by atoms with E-state index in [4.69, 9.17) is 15.9 Å². The number of amidine groups is 1. The maximum atomic E-state index is 13.5. The molecule has 0 spiro atoms. The van der Waals surface area contributed by atoms with Crippen molar-refractivity contribution in [2.45, 2.75) is 6.92 Å². The van der Waals surface area contributed by atoms with Crippen LogP contribution < -0.4 is 10.5 Å². The van der Waals surface area contributed by atoms with Crippen LogP contribution in [0.5, 0.6) is 11.6 Å². The number of pyridine rings is 1. The van der Waals surface area contributed by atoms with Gasteiger partial charge in [0.1, 0.15) is 11.7 Å². The zero-order chi connectivity index (χ0) is 14.0. The number of aromatic nitrogens is 1. The molecule has 0 fully saturated rings. The third-order valence-corrected chi connectivity index (χ3v) is 2.39. The molecule has 19 heavy (non-hydrogen) atoms. The van der Waals surface area contributed by atoms with Gasteiger partial charge in [-0.25, -0.2) is 13.8 Å². The van der Waals surface area contributed by atoms with E-state index in [1.54, 1.807) is 19.1 Å². The van der Waals surface area contributed by atoms with Crippen molar-refractivity contribution in [2.24, 2.45) is 5.73 Å². The number of nitrogen functional groups attached to an aromatic ring is 1. The van der Waals surface area contributed by atoms with Crippen molar-refractivity contribution in [3.8, 4) is 11.6 Å². The summed E-state index contributed by atoms with van der Waals surface area (Å²) in [5.41, 5.74) is 6.26. The third kappa shape index (κ3) is 2.85. The van der Waals surface area contributed by atoms with Gasteiger partial charge in [-0.05, 0) is 31.2 Å². The van der Waals surface area contributed by atoms with E-state index in [1.807, 2.05) is 0 Å². The Labute approximate surface area is 108 Å². The minimum atomic E-state index is -0.849. The largest absolute Gasteiger partial charge is 0.435 e. The summed E-state index contributed by atoms with van der Waals surface area (Å²) >= 11 is 0. The molecule has 0 aliphatic carbocycles. The van der Waals surface area contributed by atoms with Gasteiger partial charge in [-0.15, -0.1) is 0 Å². The van der Waals surface area contributed by atoms with Crippen molar-refractivity contribution in [1.82, 2.24) is 4.98 Å². The van der Waals surface area contributed by atoms with Gasteiger partial charge in [-0.1, -0.05) is 0 Å². The van der Waals surface area contributed by atoms with Crippen molar-refractivity contribution in [1.29, 1.82) is 5.41 Å². The Morgan fingerprint density at radius 3 is 2.63 bits per heavy atom. The van der Waals surface area contributed by atoms with Crippen molar-refractivity contribution < 1.29 is 13.5 Å². The highest BCUT2D eigenvalue weighted by molar-refractivity contribution is 5.97. The van der Waals surface area contributed by atoms with Crippen LogP contribution in [0.25, 0.3) is 0 Å². The van der Waals surface area contributed by atoms with Gasteiger partial charge in [-0.3, -0.25) is 5.41 Å². The zero-order valence-electron chi connectivity index (χ0n) is 10.1. The molecule has 0 saturated heterocycles. The van der Waals surface area contributed by atoms with E-state index in [0.717, 1.165) is 12.1 Å². The predicted octanol–water partition coefficient (Wildman–Crippen LogP) is 2.74. The minimum Gasteiger partial charge on any atom is -0.435 e. The second-order valence-corrected chi connectivity index (χ2v) is 3.90. The molecule has 98 valence electrons. The Morgan fingerprint density at radius 1 is 1.26 bits per heavy atom. The summed E-state index contributed by atoms with van der Waals surface area (Å²) < 4.78 is 31.5. The number of nitrogens with one attached hydrogen (secondary N) is 1. The maximum Gasteiger partial charge on any atom is 0.230 e. The quantitative estimate of drug-likeness (QED) is 0.660. The van der Waals surface area contributed by atoms with Gasteiger partial charge in [0, 0.05) is 11.8 Å². The molecule has 1 aromatic carbocycles. The minimum absolute atomic E-state index is 0.0120. The molecule has 0 atom stereocenters. The number of hydrogen-bond donors (Lipinski definition) is 2. The fraction of sp³-hybridized carbons (Fsp3) is 0.0769. The van der Waals surface area contributed by atoms with E-state index in [-0.39, 0.29) is 23.0 Å². The number of benzene rings is 1.